The van der Waals surface area contributed by atoms with Crippen molar-refractivity contribution in [3.63, 3.8) is 0 Å². The van der Waals surface area contributed by atoms with Crippen molar-refractivity contribution in [1.29, 1.82) is 0 Å². The maximum Gasteiger partial charge on any atom is 0.151 e. The zero-order valence-electron chi connectivity index (χ0n) is 6.49. The van der Waals surface area contributed by atoms with E-state index in [0.717, 1.165) is 0 Å². The van der Waals surface area contributed by atoms with Crippen LogP contribution in [-0.4, -0.2) is 4.98 Å². The third kappa shape index (κ3) is 2.30. The molecule has 14 heavy (non-hydrogen) atoms. The molecule has 78 valence electrons. The van der Waals surface area contributed by atoms with Gasteiger partial charge in [0.2, 0.25) is 0 Å². The minimum Gasteiger partial charge on any atom is -0.321 e. The van der Waals surface area contributed by atoms with Gasteiger partial charge < -0.3 is 5.43 Å². The topological polar surface area (TPSA) is 50.9 Å². The van der Waals surface area contributed by atoms with Crippen LogP contribution < -0.4 is 11.3 Å². The van der Waals surface area contributed by atoms with Crippen LogP contribution in [0.15, 0.2) is 0 Å². The van der Waals surface area contributed by atoms with Gasteiger partial charge in [0.25, 0.3) is 0 Å². The average molecular weight is 295 g/mol. The van der Waals surface area contributed by atoms with Crippen molar-refractivity contribution < 1.29 is 0 Å². The highest BCUT2D eigenvalue weighted by molar-refractivity contribution is 6.48. The molecule has 0 aromatic carbocycles. The van der Waals surface area contributed by atoms with Crippen LogP contribution >= 0.6 is 58.0 Å². The lowest BCUT2D eigenvalue weighted by Crippen LogP contribution is -2.10. The molecular weight excluding hydrogens is 291 g/mol. The number of anilines is 1. The highest BCUT2D eigenvalue weighted by atomic mass is 35.5. The monoisotopic (exact) mass is 293 g/mol. The van der Waals surface area contributed by atoms with Crippen LogP contribution in [0.5, 0.6) is 0 Å². The lowest BCUT2D eigenvalue weighted by Gasteiger charge is -2.11. The van der Waals surface area contributed by atoms with Gasteiger partial charge in [0.05, 0.1) is 16.4 Å². The fourth-order valence-corrected chi connectivity index (χ4v) is 1.96. The summed E-state index contributed by atoms with van der Waals surface area (Å²) >= 11 is 28.6. The number of rotatable bonds is 2. The summed E-state index contributed by atoms with van der Waals surface area (Å²) in [6, 6.07) is 0. The van der Waals surface area contributed by atoms with E-state index in [9.17, 15) is 0 Å². The molecule has 0 fully saturated rings. The fraction of sp³-hybridized carbons (Fsp3) is 0.167. The van der Waals surface area contributed by atoms with Gasteiger partial charge in [-0.25, -0.2) is 4.98 Å². The number of halogens is 5. The zero-order valence-corrected chi connectivity index (χ0v) is 10.3. The highest BCUT2D eigenvalue weighted by Crippen LogP contribution is 2.40. The van der Waals surface area contributed by atoms with E-state index < -0.39 is 4.84 Å². The van der Waals surface area contributed by atoms with Crippen molar-refractivity contribution in [3.05, 3.63) is 20.9 Å². The Hall–Kier alpha value is 0.360. The van der Waals surface area contributed by atoms with Crippen molar-refractivity contribution in [3.8, 4) is 0 Å². The lowest BCUT2D eigenvalue weighted by molar-refractivity contribution is 1.14. The SMILES string of the molecule is NNc1c(Cl)c(Cl)nc(C(Cl)Cl)c1Cl. The number of pyridine rings is 1. The summed E-state index contributed by atoms with van der Waals surface area (Å²) in [6.07, 6.45) is 0. The normalized spacial score (nSPS) is 10.8. The lowest BCUT2D eigenvalue weighted by atomic mass is 10.3. The van der Waals surface area contributed by atoms with Crippen LogP contribution in [0.25, 0.3) is 0 Å². The third-order valence-electron chi connectivity index (χ3n) is 1.41. The second-order valence-electron chi connectivity index (χ2n) is 2.24. The molecule has 1 rings (SSSR count). The number of hydrogen-bond donors (Lipinski definition) is 2. The fourth-order valence-electron chi connectivity index (χ4n) is 0.803. The molecule has 0 bridgehead atoms. The van der Waals surface area contributed by atoms with Crippen molar-refractivity contribution in [2.45, 2.75) is 4.84 Å². The molecule has 0 atom stereocenters. The van der Waals surface area contributed by atoms with Gasteiger partial charge in [0.15, 0.2) is 4.84 Å². The standard InChI is InChI=1S/C6H4Cl5N3/c7-1-3(14-12)2(8)6(11)13-4(1)5(9)10/h5H,12H2,(H,13,14). The van der Waals surface area contributed by atoms with Crippen LogP contribution in [0.4, 0.5) is 5.69 Å². The van der Waals surface area contributed by atoms with Crippen LogP contribution in [0, 0.1) is 0 Å². The zero-order chi connectivity index (χ0) is 10.9. The Bertz CT molecular complexity index is 354. The van der Waals surface area contributed by atoms with Crippen LogP contribution in [0.1, 0.15) is 10.5 Å². The van der Waals surface area contributed by atoms with Gasteiger partial charge in [-0.15, -0.1) is 0 Å². The van der Waals surface area contributed by atoms with Gasteiger partial charge >= 0.3 is 0 Å². The molecule has 0 radical (unpaired) electrons. The van der Waals surface area contributed by atoms with Gasteiger partial charge in [-0.2, -0.15) is 0 Å². The Kier molecular flexibility index (Phi) is 4.37. The van der Waals surface area contributed by atoms with Gasteiger partial charge in [-0.3, -0.25) is 5.84 Å². The van der Waals surface area contributed by atoms with Crippen LogP contribution in [0.2, 0.25) is 15.2 Å². The molecule has 3 N–H and O–H groups in total. The molecular formula is C6H4Cl5N3. The maximum absolute atomic E-state index is 5.86. The molecule has 0 amide bonds. The van der Waals surface area contributed by atoms with Crippen molar-refractivity contribution in [1.82, 2.24) is 4.98 Å². The molecule has 0 saturated heterocycles. The van der Waals surface area contributed by atoms with E-state index in [0.29, 0.717) is 0 Å². The van der Waals surface area contributed by atoms with Gasteiger partial charge in [0.1, 0.15) is 10.2 Å². The number of aromatic nitrogens is 1. The summed E-state index contributed by atoms with van der Waals surface area (Å²) < 4.78 is 0. The third-order valence-corrected chi connectivity index (χ3v) is 2.95. The van der Waals surface area contributed by atoms with Gasteiger partial charge in [-0.05, 0) is 0 Å². The Morgan fingerprint density at radius 1 is 1.14 bits per heavy atom. The quantitative estimate of drug-likeness (QED) is 0.377. The molecule has 1 aromatic heterocycles. The maximum atomic E-state index is 5.86. The number of hydrazine groups is 1. The first-order chi connectivity index (χ1) is 6.49. The minimum absolute atomic E-state index is 0.0327. The molecule has 0 spiro atoms. The molecule has 0 aliphatic rings. The van der Waals surface area contributed by atoms with Crippen LogP contribution in [-0.2, 0) is 0 Å². The Balaban J connectivity index is 3.42. The van der Waals surface area contributed by atoms with E-state index in [4.69, 9.17) is 63.8 Å². The van der Waals surface area contributed by atoms with E-state index in [2.05, 4.69) is 10.4 Å². The Morgan fingerprint density at radius 3 is 2.14 bits per heavy atom. The van der Waals surface area contributed by atoms with Crippen LogP contribution in [0.3, 0.4) is 0 Å². The Morgan fingerprint density at radius 2 is 1.71 bits per heavy atom. The molecule has 3 nitrogen and oxygen atoms in total. The van der Waals surface area contributed by atoms with E-state index >= 15 is 0 Å². The Labute approximate surface area is 105 Å². The summed E-state index contributed by atoms with van der Waals surface area (Å²) in [5, 5.41) is 0.305. The summed E-state index contributed by atoms with van der Waals surface area (Å²) in [7, 11) is 0. The predicted molar refractivity (Wildman–Crippen MR) is 61.5 cm³/mol. The van der Waals surface area contributed by atoms with Crippen molar-refractivity contribution in [2.75, 3.05) is 5.43 Å². The van der Waals surface area contributed by atoms with Crippen molar-refractivity contribution in [2.24, 2.45) is 5.84 Å². The molecule has 1 heterocycles. The highest BCUT2D eigenvalue weighted by Gasteiger charge is 2.19. The summed E-state index contributed by atoms with van der Waals surface area (Å²) in [5.74, 6) is 5.20. The number of alkyl halides is 2. The molecule has 0 saturated carbocycles. The van der Waals surface area contributed by atoms with E-state index in [1.54, 1.807) is 0 Å². The minimum atomic E-state index is -0.899. The second-order valence-corrected chi connectivity index (χ2v) is 4.45. The molecule has 8 heteroatoms. The average Bonchev–Trinajstić information content (AvgIpc) is 2.12. The number of nitrogens with one attached hydrogen (secondary N) is 1. The molecule has 0 aliphatic carbocycles. The molecule has 0 aliphatic heterocycles. The smallest absolute Gasteiger partial charge is 0.151 e. The first kappa shape index (κ1) is 12.4. The molecule has 1 aromatic rings. The largest absolute Gasteiger partial charge is 0.321 e. The summed E-state index contributed by atoms with van der Waals surface area (Å²) in [6.45, 7) is 0. The van der Waals surface area contributed by atoms with Gasteiger partial charge in [0, 0.05) is 0 Å². The van der Waals surface area contributed by atoms with E-state index in [1.807, 2.05) is 0 Å². The predicted octanol–water partition coefficient (Wildman–Crippen LogP) is 3.80. The first-order valence-corrected chi connectivity index (χ1v) is 5.28. The first-order valence-electron chi connectivity index (χ1n) is 3.28. The van der Waals surface area contributed by atoms with E-state index in [-0.39, 0.29) is 26.6 Å². The summed E-state index contributed by atoms with van der Waals surface area (Å²) in [4.78, 5) is 2.92. The number of nitrogens with two attached hydrogens (primary N) is 1. The number of nitrogen functional groups attached to an aromatic ring is 1. The number of hydrogen-bond acceptors (Lipinski definition) is 3. The van der Waals surface area contributed by atoms with Gasteiger partial charge in [-0.1, -0.05) is 58.0 Å². The number of nitrogens with zero attached hydrogens (tertiary/aromatic N) is 1. The van der Waals surface area contributed by atoms with E-state index in [1.165, 1.54) is 0 Å². The van der Waals surface area contributed by atoms with Crippen molar-refractivity contribution >= 4 is 63.7 Å². The molecule has 0 unspecified atom stereocenters. The summed E-state index contributed by atoms with van der Waals surface area (Å²) in [5.41, 5.74) is 2.74. The second kappa shape index (κ2) is 4.92.